The smallest absolute Gasteiger partial charge is 0.408 e. The van der Waals surface area contributed by atoms with Crippen molar-refractivity contribution in [1.29, 1.82) is 0 Å². The number of hydrogen-bond acceptors (Lipinski definition) is 6. The number of aromatic hydroxyl groups is 1. The Morgan fingerprint density at radius 2 is 1.71 bits per heavy atom. The molecule has 0 saturated carbocycles. The highest BCUT2D eigenvalue weighted by molar-refractivity contribution is 5.99. The predicted octanol–water partition coefficient (Wildman–Crippen LogP) is 4.15. The van der Waals surface area contributed by atoms with E-state index in [4.69, 9.17) is 9.47 Å². The maximum atomic E-state index is 13.5. The lowest BCUT2D eigenvalue weighted by molar-refractivity contribution is -0.140. The number of ether oxygens (including phenoxy) is 2. The molecule has 0 aliphatic rings. The highest BCUT2D eigenvalue weighted by atomic mass is 16.6. The van der Waals surface area contributed by atoms with Crippen LogP contribution < -0.4 is 15.4 Å². The van der Waals surface area contributed by atoms with Gasteiger partial charge in [-0.05, 0) is 89.1 Å². The maximum absolute atomic E-state index is 13.5. The molecule has 3 amide bonds. The van der Waals surface area contributed by atoms with Crippen LogP contribution in [0.1, 0.15) is 51.8 Å². The molecule has 0 spiro atoms. The molecule has 0 bridgehead atoms. The Hall–Kier alpha value is -3.75. The zero-order valence-corrected chi connectivity index (χ0v) is 21.3. The molecule has 2 rings (SSSR count). The van der Waals surface area contributed by atoms with Crippen LogP contribution in [0.4, 0.5) is 10.5 Å². The van der Waals surface area contributed by atoms with Crippen molar-refractivity contribution in [3.63, 3.8) is 0 Å². The summed E-state index contributed by atoms with van der Waals surface area (Å²) in [5.74, 6) is -0.183. The number of nitrogens with zero attached hydrogens (tertiary/aromatic N) is 1. The maximum Gasteiger partial charge on any atom is 0.408 e. The van der Waals surface area contributed by atoms with Gasteiger partial charge in [0.1, 0.15) is 29.2 Å². The van der Waals surface area contributed by atoms with Gasteiger partial charge in [-0.15, -0.1) is 0 Å². The zero-order chi connectivity index (χ0) is 26.3. The van der Waals surface area contributed by atoms with Crippen molar-refractivity contribution in [1.82, 2.24) is 10.2 Å². The van der Waals surface area contributed by atoms with Crippen molar-refractivity contribution in [3.8, 4) is 11.5 Å². The van der Waals surface area contributed by atoms with Crippen LogP contribution in [0.25, 0.3) is 0 Å². The van der Waals surface area contributed by atoms with Crippen LogP contribution in [0, 0.1) is 6.92 Å². The second-order valence-corrected chi connectivity index (χ2v) is 9.16. The van der Waals surface area contributed by atoms with Gasteiger partial charge in [0.05, 0.1) is 7.11 Å². The minimum atomic E-state index is -1.02. The Morgan fingerprint density at radius 1 is 1.09 bits per heavy atom. The SMILES string of the molecule is CCN(C(=O)C(C)NC(=O)OC(C)(C)C)C(C(=O)Nc1ccc(OC)cc1)c1ccc(O)c(C)c1. The molecular weight excluding hydrogens is 450 g/mol. The standard InChI is InChI=1S/C26H35N3O6/c1-8-29(24(32)17(3)27-25(33)35-26(4,5)6)22(18-9-14-21(30)16(2)15-18)23(31)28-19-10-12-20(34-7)13-11-19/h9-15,17,22,30H,8H2,1-7H3,(H,27,33)(H,28,31). The Bertz CT molecular complexity index is 1050. The Morgan fingerprint density at radius 3 is 2.23 bits per heavy atom. The summed E-state index contributed by atoms with van der Waals surface area (Å²) in [5, 5.41) is 15.4. The highest BCUT2D eigenvalue weighted by Gasteiger charge is 2.34. The van der Waals surface area contributed by atoms with Crippen LogP contribution in [0.5, 0.6) is 11.5 Å². The van der Waals surface area contributed by atoms with Crippen molar-refractivity contribution < 1.29 is 29.0 Å². The Balaban J connectivity index is 2.36. The van der Waals surface area contributed by atoms with E-state index in [1.165, 1.54) is 17.9 Å². The molecule has 0 fully saturated rings. The summed E-state index contributed by atoms with van der Waals surface area (Å²) in [6.45, 7) is 10.4. The van der Waals surface area contributed by atoms with E-state index in [-0.39, 0.29) is 12.3 Å². The van der Waals surface area contributed by atoms with Crippen LogP contribution in [0.3, 0.4) is 0 Å². The van der Waals surface area contributed by atoms with Crippen molar-refractivity contribution in [2.75, 3.05) is 19.0 Å². The molecule has 2 unspecified atom stereocenters. The summed E-state index contributed by atoms with van der Waals surface area (Å²) in [7, 11) is 1.55. The van der Waals surface area contributed by atoms with Crippen LogP contribution in [-0.4, -0.2) is 53.2 Å². The molecule has 2 aromatic carbocycles. The van der Waals surface area contributed by atoms with E-state index in [1.54, 1.807) is 78.1 Å². The normalized spacial score (nSPS) is 12.8. The molecule has 2 aromatic rings. The first-order valence-electron chi connectivity index (χ1n) is 11.4. The third-order valence-corrected chi connectivity index (χ3v) is 5.18. The molecule has 2 atom stereocenters. The minimum Gasteiger partial charge on any atom is -0.508 e. The monoisotopic (exact) mass is 485 g/mol. The number of rotatable bonds is 8. The molecule has 0 heterocycles. The van der Waals surface area contributed by atoms with Gasteiger partial charge in [-0.1, -0.05) is 6.07 Å². The fraction of sp³-hybridized carbons (Fsp3) is 0.423. The average Bonchev–Trinajstić information content (AvgIpc) is 2.78. The number of phenols is 1. The topological polar surface area (TPSA) is 117 Å². The van der Waals surface area contributed by atoms with E-state index in [9.17, 15) is 19.5 Å². The molecule has 0 aromatic heterocycles. The van der Waals surface area contributed by atoms with Crippen molar-refractivity contribution in [2.24, 2.45) is 0 Å². The van der Waals surface area contributed by atoms with Gasteiger partial charge >= 0.3 is 6.09 Å². The molecule has 9 nitrogen and oxygen atoms in total. The number of likely N-dealkylation sites (N-methyl/N-ethyl adjacent to an activating group) is 1. The van der Waals surface area contributed by atoms with E-state index in [1.807, 2.05) is 0 Å². The number of phenolic OH excluding ortho intramolecular Hbond substituents is 1. The number of amides is 3. The number of carbonyl (C=O) groups excluding carboxylic acids is 3. The molecule has 190 valence electrons. The molecule has 3 N–H and O–H groups in total. The van der Waals surface area contributed by atoms with E-state index in [0.717, 1.165) is 0 Å². The third-order valence-electron chi connectivity index (χ3n) is 5.18. The molecule has 0 aliphatic carbocycles. The lowest BCUT2D eigenvalue weighted by Gasteiger charge is -2.33. The zero-order valence-electron chi connectivity index (χ0n) is 21.3. The lowest BCUT2D eigenvalue weighted by atomic mass is 10.0. The third kappa shape index (κ3) is 7.63. The quantitative estimate of drug-likeness (QED) is 0.517. The van der Waals surface area contributed by atoms with E-state index in [0.29, 0.717) is 22.6 Å². The second-order valence-electron chi connectivity index (χ2n) is 9.16. The van der Waals surface area contributed by atoms with Gasteiger partial charge in [0.2, 0.25) is 5.91 Å². The first-order chi connectivity index (χ1) is 16.4. The fourth-order valence-electron chi connectivity index (χ4n) is 3.47. The molecule has 35 heavy (non-hydrogen) atoms. The van der Waals surface area contributed by atoms with Gasteiger partial charge in [0, 0.05) is 12.2 Å². The molecule has 0 aliphatic heterocycles. The van der Waals surface area contributed by atoms with Crippen molar-refractivity contribution in [2.45, 2.75) is 59.2 Å². The number of anilines is 1. The number of benzene rings is 2. The first kappa shape index (κ1) is 27.5. The predicted molar refractivity (Wildman–Crippen MR) is 133 cm³/mol. The van der Waals surface area contributed by atoms with Gasteiger partial charge in [-0.2, -0.15) is 0 Å². The van der Waals surface area contributed by atoms with Gasteiger partial charge in [0.25, 0.3) is 5.91 Å². The second kappa shape index (κ2) is 11.6. The van der Waals surface area contributed by atoms with Gasteiger partial charge in [-0.25, -0.2) is 4.79 Å². The number of alkyl carbamates (subject to hydrolysis) is 1. The number of hydrogen-bond donors (Lipinski definition) is 3. The fourth-order valence-corrected chi connectivity index (χ4v) is 3.47. The lowest BCUT2D eigenvalue weighted by Crippen LogP contribution is -2.51. The number of nitrogens with one attached hydrogen (secondary N) is 2. The number of aryl methyl sites for hydroxylation is 1. The van der Waals surface area contributed by atoms with Crippen LogP contribution in [0.2, 0.25) is 0 Å². The molecule has 9 heteroatoms. The van der Waals surface area contributed by atoms with Crippen LogP contribution in [0.15, 0.2) is 42.5 Å². The summed E-state index contributed by atoms with van der Waals surface area (Å²) in [6.07, 6.45) is -0.728. The number of methoxy groups -OCH3 is 1. The molecular formula is C26H35N3O6. The average molecular weight is 486 g/mol. The minimum absolute atomic E-state index is 0.0809. The van der Waals surface area contributed by atoms with Gasteiger partial charge in [0.15, 0.2) is 0 Å². The van der Waals surface area contributed by atoms with Crippen molar-refractivity contribution in [3.05, 3.63) is 53.6 Å². The summed E-state index contributed by atoms with van der Waals surface area (Å²) in [4.78, 5) is 40.5. The first-order valence-corrected chi connectivity index (χ1v) is 11.4. The van der Waals surface area contributed by atoms with Gasteiger partial charge < -0.3 is 30.1 Å². The summed E-state index contributed by atoms with van der Waals surface area (Å²) < 4.78 is 10.4. The van der Waals surface area contributed by atoms with E-state index >= 15 is 0 Å². The molecule has 0 radical (unpaired) electrons. The largest absolute Gasteiger partial charge is 0.508 e. The highest BCUT2D eigenvalue weighted by Crippen LogP contribution is 2.28. The molecule has 0 saturated heterocycles. The van der Waals surface area contributed by atoms with E-state index in [2.05, 4.69) is 10.6 Å². The van der Waals surface area contributed by atoms with Crippen LogP contribution >= 0.6 is 0 Å². The number of carbonyl (C=O) groups is 3. The summed E-state index contributed by atoms with van der Waals surface area (Å²) in [5.41, 5.74) is 0.889. The summed E-state index contributed by atoms with van der Waals surface area (Å²) >= 11 is 0. The van der Waals surface area contributed by atoms with Gasteiger partial charge in [-0.3, -0.25) is 9.59 Å². The van der Waals surface area contributed by atoms with Crippen LogP contribution in [-0.2, 0) is 14.3 Å². The van der Waals surface area contributed by atoms with E-state index < -0.39 is 35.6 Å². The Labute approximate surface area is 206 Å². The van der Waals surface area contributed by atoms with Crippen molar-refractivity contribution >= 4 is 23.6 Å². The summed E-state index contributed by atoms with van der Waals surface area (Å²) in [6, 6.07) is 9.60. The Kier molecular flexibility index (Phi) is 9.11.